The molecule has 7 N–H and O–H groups in total. The van der Waals surface area contributed by atoms with Crippen LogP contribution >= 0.6 is 0 Å². The molecule has 0 aromatic carbocycles. The first-order valence-electron chi connectivity index (χ1n) is 0. The van der Waals surface area contributed by atoms with Crippen molar-refractivity contribution in [2.24, 2.45) is 0 Å². The Labute approximate surface area is 69.1 Å². The fourth-order valence-electron chi connectivity index (χ4n) is 0. The molecular weight excluding hydrogens is 162 g/mol. The van der Waals surface area contributed by atoms with Crippen molar-refractivity contribution >= 4 is 18.0 Å². The molecule has 0 aliphatic carbocycles. The Bertz CT molecular complexity index is 7.51. The van der Waals surface area contributed by atoms with E-state index in [1.54, 1.807) is 0 Å². The van der Waals surface area contributed by atoms with E-state index in [-0.39, 0.29) is 69.4 Å². The molecule has 0 saturated carbocycles. The molecule has 0 saturated heterocycles. The zero-order valence-electron chi connectivity index (χ0n) is 3.65. The average Bonchev–Trinajstić information content (AvgIpc) is 0. The zero-order valence-corrected chi connectivity index (χ0v) is 8.62. The van der Waals surface area contributed by atoms with Crippen LogP contribution < -0.4 is 29.6 Å². The van der Waals surface area contributed by atoms with Crippen molar-refractivity contribution in [2.45, 2.75) is 0 Å². The zero-order chi connectivity index (χ0) is 0. The van der Waals surface area contributed by atoms with Crippen LogP contribution in [0.5, 0.6) is 0 Å². The molecular formula is H10AsNaO4. The topological polar surface area (TPSA) is 124 Å². The molecule has 0 aromatic rings. The summed E-state index contributed by atoms with van der Waals surface area (Å²) in [5.74, 6) is 0. The molecule has 0 aliphatic rings. The molecule has 1 atom stereocenters. The quantitative estimate of drug-likeness (QED) is 0.331. The van der Waals surface area contributed by atoms with Gasteiger partial charge in [0.15, 0.2) is 0 Å². The second-order valence-corrected chi connectivity index (χ2v) is 0. The molecule has 4 nitrogen and oxygen atoms in total. The first-order valence-corrected chi connectivity index (χ1v) is 0. The minimum Gasteiger partial charge on any atom is -0.870 e. The van der Waals surface area contributed by atoms with Crippen molar-refractivity contribution in [1.29, 1.82) is 0 Å². The number of hydrogen-bond donors (Lipinski definition) is 0. The van der Waals surface area contributed by atoms with E-state index in [9.17, 15) is 0 Å². The van der Waals surface area contributed by atoms with E-state index in [4.69, 9.17) is 0 Å². The fraction of sp³-hybridized carbons (Fsp3) is 0. The van der Waals surface area contributed by atoms with Crippen LogP contribution in [0.2, 0.25) is 0 Å². The first kappa shape index (κ1) is 155. The van der Waals surface area contributed by atoms with Gasteiger partial charge in [-0.15, -0.1) is 0 Å². The summed E-state index contributed by atoms with van der Waals surface area (Å²) in [6.45, 7) is 0. The van der Waals surface area contributed by atoms with Gasteiger partial charge in [-0.25, -0.2) is 0 Å². The summed E-state index contributed by atoms with van der Waals surface area (Å²) in [6.07, 6.45) is 0. The second kappa shape index (κ2) is 95.4. The fourth-order valence-corrected chi connectivity index (χ4v) is 0. The molecule has 6 heteroatoms. The van der Waals surface area contributed by atoms with Crippen LogP contribution in [0.3, 0.4) is 0 Å². The van der Waals surface area contributed by atoms with Gasteiger partial charge in [0.25, 0.3) is 0 Å². The van der Waals surface area contributed by atoms with E-state index < -0.39 is 0 Å². The summed E-state index contributed by atoms with van der Waals surface area (Å²) in [6, 6.07) is 0. The van der Waals surface area contributed by atoms with Gasteiger partial charge in [0.2, 0.25) is 0 Å². The van der Waals surface area contributed by atoms with E-state index in [1.165, 1.54) is 0 Å². The van der Waals surface area contributed by atoms with Gasteiger partial charge in [-0.2, -0.15) is 0 Å². The Kier molecular flexibility index (Phi) is 2460. The van der Waals surface area contributed by atoms with Crippen LogP contribution in [-0.4, -0.2) is 39.9 Å². The Morgan fingerprint density at radius 3 is 0.667 bits per heavy atom. The van der Waals surface area contributed by atoms with Gasteiger partial charge in [0.05, 0.1) is 0 Å². The third-order valence-electron chi connectivity index (χ3n) is 0. The molecule has 0 fully saturated rings. The average molecular weight is 172 g/mol. The molecule has 0 heterocycles. The van der Waals surface area contributed by atoms with Crippen molar-refractivity contribution in [3.05, 3.63) is 0 Å². The van der Waals surface area contributed by atoms with Gasteiger partial charge in [0, 0.05) is 0 Å². The van der Waals surface area contributed by atoms with E-state index in [1.807, 2.05) is 0 Å². The maximum atomic E-state index is 0. The number of hydrogen-bond acceptors (Lipinski definition) is 1. The Balaban J connectivity index is 0. The van der Waals surface area contributed by atoms with E-state index in [2.05, 4.69) is 0 Å². The Morgan fingerprint density at radius 2 is 0.667 bits per heavy atom. The summed E-state index contributed by atoms with van der Waals surface area (Å²) in [7, 11) is 0. The summed E-state index contributed by atoms with van der Waals surface area (Å²) in [4.78, 5) is 0. The smallest absolute Gasteiger partial charge is 0.870 e. The second-order valence-electron chi connectivity index (χ2n) is 0. The molecule has 0 rings (SSSR count). The molecule has 0 amide bonds. The maximum Gasteiger partial charge on any atom is 1.00 e. The van der Waals surface area contributed by atoms with Gasteiger partial charge in [-0.1, -0.05) is 0 Å². The van der Waals surface area contributed by atoms with E-state index in [0.29, 0.717) is 0 Å². The van der Waals surface area contributed by atoms with Gasteiger partial charge >= 0.3 is 47.5 Å². The largest absolute Gasteiger partial charge is 1.00 e. The molecule has 0 aromatic heterocycles. The van der Waals surface area contributed by atoms with Crippen molar-refractivity contribution in [3.8, 4) is 0 Å². The minimum absolute atomic E-state index is 0. The molecule has 0 radical (unpaired) electrons. The molecule has 0 bridgehead atoms. The summed E-state index contributed by atoms with van der Waals surface area (Å²) in [5, 5.41) is 0. The van der Waals surface area contributed by atoms with Gasteiger partial charge in [-0.05, 0) is 0 Å². The SMILES string of the molecule is O.O.O.[AsH3].[Na+].[OH-]. The van der Waals surface area contributed by atoms with Crippen LogP contribution in [0.4, 0.5) is 0 Å². The van der Waals surface area contributed by atoms with Crippen LogP contribution in [0.15, 0.2) is 0 Å². The van der Waals surface area contributed by atoms with Gasteiger partial charge in [0.1, 0.15) is 0 Å². The van der Waals surface area contributed by atoms with Crippen molar-refractivity contribution in [3.63, 3.8) is 0 Å². The summed E-state index contributed by atoms with van der Waals surface area (Å²) >= 11 is 0. The third-order valence-corrected chi connectivity index (χ3v) is 0. The van der Waals surface area contributed by atoms with Crippen LogP contribution in [0, 0.1) is 0 Å². The van der Waals surface area contributed by atoms with Crippen molar-refractivity contribution < 1.29 is 51.5 Å². The minimum atomic E-state index is 0. The van der Waals surface area contributed by atoms with E-state index in [0.717, 1.165) is 0 Å². The molecule has 6 heavy (non-hydrogen) atoms. The molecule has 1 unspecified atom stereocenters. The number of rotatable bonds is 0. The normalized spacial score (nSPS) is 0. The Hall–Kier alpha value is 1.40. The first-order chi connectivity index (χ1) is 0. The van der Waals surface area contributed by atoms with Gasteiger partial charge in [-0.3, -0.25) is 0 Å². The predicted octanol–water partition coefficient (Wildman–Crippen LogP) is -6.83. The van der Waals surface area contributed by atoms with Crippen molar-refractivity contribution in [2.75, 3.05) is 0 Å². The monoisotopic (exact) mass is 172 g/mol. The van der Waals surface area contributed by atoms with Crippen LogP contribution in [-0.2, 0) is 0 Å². The van der Waals surface area contributed by atoms with Crippen molar-refractivity contribution in [1.82, 2.24) is 0 Å². The predicted molar refractivity (Wildman–Crippen MR) is 22.7 cm³/mol. The van der Waals surface area contributed by atoms with Crippen LogP contribution in [0.1, 0.15) is 0 Å². The summed E-state index contributed by atoms with van der Waals surface area (Å²) in [5.41, 5.74) is 0. The standard InChI is InChI=1S/AsH3.Na.4H2O/h1H3;;4*1H2/q;+1;;;;/p-1. The maximum absolute atomic E-state index is 0. The summed E-state index contributed by atoms with van der Waals surface area (Å²) < 4.78 is 0. The molecule has 0 aliphatic heterocycles. The molecule has 0 spiro atoms. The third kappa shape index (κ3) is 53.4. The Morgan fingerprint density at radius 1 is 0.667 bits per heavy atom. The molecule has 40 valence electrons. The van der Waals surface area contributed by atoms with Gasteiger partial charge < -0.3 is 21.9 Å². The van der Waals surface area contributed by atoms with Crippen LogP contribution in [0.25, 0.3) is 0 Å². The van der Waals surface area contributed by atoms with E-state index >= 15 is 0 Å².